The molecule has 0 amide bonds. The van der Waals surface area contributed by atoms with Crippen LogP contribution in [0, 0.1) is 13.8 Å². The molecule has 1 rings (SSSR count). The fourth-order valence-corrected chi connectivity index (χ4v) is 1.84. The normalized spacial score (nSPS) is 14.8. The number of benzene rings is 1. The molecule has 0 saturated carbocycles. The number of hydrogen-bond acceptors (Lipinski definition) is 2. The van der Waals surface area contributed by atoms with E-state index in [0.717, 1.165) is 16.7 Å². The maximum absolute atomic E-state index is 9.97. The average molecular weight is 229 g/mol. The monoisotopic (exact) mass is 228 g/mol. The van der Waals surface area contributed by atoms with Gasteiger partial charge in [-0.05, 0) is 38.0 Å². The van der Waals surface area contributed by atoms with Crippen molar-refractivity contribution in [3.63, 3.8) is 0 Å². The number of aliphatic hydroxyl groups is 1. The van der Waals surface area contributed by atoms with Crippen molar-refractivity contribution in [1.29, 1.82) is 0 Å². The Bertz CT molecular complexity index is 348. The Labute approximate surface area is 95.8 Å². The van der Waals surface area contributed by atoms with Crippen molar-refractivity contribution in [3.05, 3.63) is 28.8 Å². The number of hydrogen-bond donors (Lipinski definition) is 1. The van der Waals surface area contributed by atoms with Gasteiger partial charge in [0.15, 0.2) is 0 Å². The lowest BCUT2D eigenvalue weighted by Crippen LogP contribution is -2.11. The maximum Gasteiger partial charge on any atom is 0.125 e. The van der Waals surface area contributed by atoms with Crippen molar-refractivity contribution in [1.82, 2.24) is 0 Å². The molecule has 2 atom stereocenters. The SMILES string of the molecule is COc1cc(C)cc(C)c1C(O)C(C)Cl. The van der Waals surface area contributed by atoms with Crippen molar-refractivity contribution in [2.24, 2.45) is 0 Å². The molecule has 1 N–H and O–H groups in total. The highest BCUT2D eigenvalue weighted by Gasteiger charge is 2.20. The van der Waals surface area contributed by atoms with E-state index in [1.165, 1.54) is 0 Å². The fraction of sp³-hybridized carbons (Fsp3) is 0.500. The number of halogens is 1. The van der Waals surface area contributed by atoms with Crippen LogP contribution in [0.15, 0.2) is 12.1 Å². The molecule has 15 heavy (non-hydrogen) atoms. The molecule has 2 nitrogen and oxygen atoms in total. The van der Waals surface area contributed by atoms with Gasteiger partial charge in [-0.3, -0.25) is 0 Å². The molecule has 0 spiro atoms. The lowest BCUT2D eigenvalue weighted by molar-refractivity contribution is 0.172. The van der Waals surface area contributed by atoms with Gasteiger partial charge >= 0.3 is 0 Å². The minimum absolute atomic E-state index is 0.333. The van der Waals surface area contributed by atoms with Crippen LogP contribution in [-0.2, 0) is 0 Å². The van der Waals surface area contributed by atoms with Crippen molar-refractivity contribution in [3.8, 4) is 5.75 Å². The minimum Gasteiger partial charge on any atom is -0.496 e. The standard InChI is InChI=1S/C12H17ClO2/c1-7-5-8(2)11(10(6-7)15-4)12(14)9(3)13/h5-6,9,12,14H,1-4H3. The van der Waals surface area contributed by atoms with Crippen LogP contribution in [0.25, 0.3) is 0 Å². The summed E-state index contributed by atoms with van der Waals surface area (Å²) in [6, 6.07) is 3.92. The van der Waals surface area contributed by atoms with E-state index >= 15 is 0 Å². The van der Waals surface area contributed by atoms with Gasteiger partial charge in [0.1, 0.15) is 5.75 Å². The molecule has 2 unspecified atom stereocenters. The van der Waals surface area contributed by atoms with Crippen LogP contribution in [0.3, 0.4) is 0 Å². The first-order valence-corrected chi connectivity index (χ1v) is 5.38. The highest BCUT2D eigenvalue weighted by Crippen LogP contribution is 2.33. The van der Waals surface area contributed by atoms with E-state index in [1.807, 2.05) is 26.0 Å². The number of alkyl halides is 1. The zero-order chi connectivity index (χ0) is 11.6. The topological polar surface area (TPSA) is 29.5 Å². The van der Waals surface area contributed by atoms with Crippen molar-refractivity contribution >= 4 is 11.6 Å². The van der Waals surface area contributed by atoms with Gasteiger partial charge in [0.25, 0.3) is 0 Å². The predicted molar refractivity (Wildman–Crippen MR) is 62.7 cm³/mol. The first kappa shape index (κ1) is 12.3. The van der Waals surface area contributed by atoms with Crippen LogP contribution in [0.1, 0.15) is 29.7 Å². The first-order valence-electron chi connectivity index (χ1n) is 4.94. The Morgan fingerprint density at radius 1 is 1.33 bits per heavy atom. The summed E-state index contributed by atoms with van der Waals surface area (Å²) in [7, 11) is 1.60. The third-order valence-electron chi connectivity index (χ3n) is 2.44. The largest absolute Gasteiger partial charge is 0.496 e. The molecule has 0 heterocycles. The highest BCUT2D eigenvalue weighted by atomic mass is 35.5. The molecule has 0 aliphatic carbocycles. The summed E-state index contributed by atoms with van der Waals surface area (Å²) >= 11 is 5.90. The van der Waals surface area contributed by atoms with Gasteiger partial charge in [-0.2, -0.15) is 0 Å². The molecule has 0 aliphatic rings. The molecule has 84 valence electrons. The van der Waals surface area contributed by atoms with Gasteiger partial charge in [0, 0.05) is 5.56 Å². The molecule has 3 heteroatoms. The van der Waals surface area contributed by atoms with Crippen LogP contribution < -0.4 is 4.74 Å². The second-order valence-corrected chi connectivity index (χ2v) is 4.51. The van der Waals surface area contributed by atoms with Crippen molar-refractivity contribution in [2.75, 3.05) is 7.11 Å². The summed E-state index contributed by atoms with van der Waals surface area (Å²) in [6.07, 6.45) is -0.692. The third kappa shape index (κ3) is 2.64. The molecule has 0 bridgehead atoms. The van der Waals surface area contributed by atoms with E-state index in [0.29, 0.717) is 5.75 Å². The molecular weight excluding hydrogens is 212 g/mol. The lowest BCUT2D eigenvalue weighted by atomic mass is 9.98. The van der Waals surface area contributed by atoms with Crippen LogP contribution >= 0.6 is 11.6 Å². The molecule has 0 aromatic heterocycles. The van der Waals surface area contributed by atoms with Gasteiger partial charge in [-0.15, -0.1) is 11.6 Å². The molecule has 0 aliphatic heterocycles. The summed E-state index contributed by atoms with van der Waals surface area (Å²) in [5, 5.41) is 9.64. The number of aliphatic hydroxyl groups excluding tert-OH is 1. The molecular formula is C12H17ClO2. The van der Waals surface area contributed by atoms with Gasteiger partial charge in [-0.25, -0.2) is 0 Å². The molecule has 0 saturated heterocycles. The summed E-state index contributed by atoms with van der Waals surface area (Å²) in [4.78, 5) is 0. The quantitative estimate of drug-likeness (QED) is 0.806. The Balaban J connectivity index is 3.26. The predicted octanol–water partition coefficient (Wildman–Crippen LogP) is 2.97. The van der Waals surface area contributed by atoms with Gasteiger partial charge in [0.05, 0.1) is 18.6 Å². The fourth-order valence-electron chi connectivity index (χ4n) is 1.72. The summed E-state index contributed by atoms with van der Waals surface area (Å²) in [5.41, 5.74) is 2.90. The van der Waals surface area contributed by atoms with E-state index in [4.69, 9.17) is 16.3 Å². The number of rotatable bonds is 3. The Hall–Kier alpha value is -0.730. The lowest BCUT2D eigenvalue weighted by Gasteiger charge is -2.19. The van der Waals surface area contributed by atoms with E-state index in [1.54, 1.807) is 14.0 Å². The number of ether oxygens (including phenoxy) is 1. The highest BCUT2D eigenvalue weighted by molar-refractivity contribution is 6.20. The van der Waals surface area contributed by atoms with Crippen molar-refractivity contribution in [2.45, 2.75) is 32.3 Å². The van der Waals surface area contributed by atoms with E-state index in [9.17, 15) is 5.11 Å². The number of methoxy groups -OCH3 is 1. The second-order valence-electron chi connectivity index (χ2n) is 3.82. The van der Waals surface area contributed by atoms with Crippen molar-refractivity contribution < 1.29 is 9.84 Å². The van der Waals surface area contributed by atoms with E-state index in [-0.39, 0.29) is 5.38 Å². The van der Waals surface area contributed by atoms with Gasteiger partial charge < -0.3 is 9.84 Å². The minimum atomic E-state index is -0.692. The average Bonchev–Trinajstić information content (AvgIpc) is 2.15. The second kappa shape index (κ2) is 4.86. The maximum atomic E-state index is 9.97. The zero-order valence-corrected chi connectivity index (χ0v) is 10.3. The first-order chi connectivity index (χ1) is 6.97. The van der Waals surface area contributed by atoms with Crippen LogP contribution in [0.5, 0.6) is 5.75 Å². The summed E-state index contributed by atoms with van der Waals surface area (Å²) < 4.78 is 5.26. The zero-order valence-electron chi connectivity index (χ0n) is 9.54. The van der Waals surface area contributed by atoms with Crippen LogP contribution in [0.2, 0.25) is 0 Å². The summed E-state index contributed by atoms with van der Waals surface area (Å²) in [5.74, 6) is 0.701. The van der Waals surface area contributed by atoms with E-state index in [2.05, 4.69) is 0 Å². The molecule has 0 fully saturated rings. The van der Waals surface area contributed by atoms with Crippen LogP contribution in [-0.4, -0.2) is 17.6 Å². The van der Waals surface area contributed by atoms with Gasteiger partial charge in [-0.1, -0.05) is 6.07 Å². The van der Waals surface area contributed by atoms with E-state index < -0.39 is 6.10 Å². The van der Waals surface area contributed by atoms with Gasteiger partial charge in [0.2, 0.25) is 0 Å². The Morgan fingerprint density at radius 3 is 2.40 bits per heavy atom. The Morgan fingerprint density at radius 2 is 1.93 bits per heavy atom. The molecule has 1 aromatic rings. The Kier molecular flexibility index (Phi) is 4.00. The van der Waals surface area contributed by atoms with Crippen LogP contribution in [0.4, 0.5) is 0 Å². The molecule has 1 aromatic carbocycles. The summed E-state index contributed by atoms with van der Waals surface area (Å²) in [6.45, 7) is 5.72. The third-order valence-corrected chi connectivity index (χ3v) is 2.68. The smallest absolute Gasteiger partial charge is 0.125 e. The number of aryl methyl sites for hydroxylation is 2. The molecule has 0 radical (unpaired) electrons.